The SMILES string of the molecule is CCOc1cccc(C(O)c2ccc(Br)cc2Br)c1. The van der Waals surface area contributed by atoms with Crippen molar-refractivity contribution in [3.8, 4) is 5.75 Å². The lowest BCUT2D eigenvalue weighted by atomic mass is 10.0. The molecule has 0 radical (unpaired) electrons. The normalized spacial score (nSPS) is 12.2. The third-order valence-electron chi connectivity index (χ3n) is 2.74. The second kappa shape index (κ2) is 6.55. The first kappa shape index (κ1) is 14.6. The van der Waals surface area contributed by atoms with Crippen LogP contribution < -0.4 is 4.74 Å². The summed E-state index contributed by atoms with van der Waals surface area (Å²) >= 11 is 6.88. The summed E-state index contributed by atoms with van der Waals surface area (Å²) in [5.74, 6) is 0.771. The summed E-state index contributed by atoms with van der Waals surface area (Å²) in [7, 11) is 0. The predicted molar refractivity (Wildman–Crippen MR) is 83.5 cm³/mol. The minimum absolute atomic E-state index is 0.613. The van der Waals surface area contributed by atoms with Crippen LogP contribution in [0, 0.1) is 0 Å². The highest BCUT2D eigenvalue weighted by Crippen LogP contribution is 2.31. The molecule has 2 nitrogen and oxygen atoms in total. The first-order valence-electron chi connectivity index (χ1n) is 5.97. The second-order valence-corrected chi connectivity index (χ2v) is 5.84. The average Bonchev–Trinajstić information content (AvgIpc) is 2.39. The van der Waals surface area contributed by atoms with Crippen LogP contribution in [0.4, 0.5) is 0 Å². The molecule has 0 saturated heterocycles. The summed E-state index contributed by atoms with van der Waals surface area (Å²) in [4.78, 5) is 0. The molecule has 0 saturated carbocycles. The molecule has 0 heterocycles. The van der Waals surface area contributed by atoms with E-state index in [0.717, 1.165) is 25.8 Å². The molecular weight excluding hydrogens is 372 g/mol. The first-order valence-corrected chi connectivity index (χ1v) is 7.56. The number of hydrogen-bond acceptors (Lipinski definition) is 2. The van der Waals surface area contributed by atoms with Crippen LogP contribution >= 0.6 is 31.9 Å². The zero-order chi connectivity index (χ0) is 13.8. The fourth-order valence-electron chi connectivity index (χ4n) is 1.84. The van der Waals surface area contributed by atoms with Gasteiger partial charge in [0.2, 0.25) is 0 Å². The van der Waals surface area contributed by atoms with Gasteiger partial charge in [-0.05, 0) is 42.3 Å². The Hall–Kier alpha value is -0.840. The number of hydrogen-bond donors (Lipinski definition) is 1. The number of aliphatic hydroxyl groups is 1. The van der Waals surface area contributed by atoms with Crippen molar-refractivity contribution in [3.63, 3.8) is 0 Å². The van der Waals surface area contributed by atoms with Gasteiger partial charge >= 0.3 is 0 Å². The predicted octanol–water partition coefficient (Wildman–Crippen LogP) is 4.69. The molecule has 0 spiro atoms. The van der Waals surface area contributed by atoms with Crippen molar-refractivity contribution in [1.82, 2.24) is 0 Å². The maximum absolute atomic E-state index is 10.5. The number of halogens is 2. The zero-order valence-electron chi connectivity index (χ0n) is 10.4. The largest absolute Gasteiger partial charge is 0.494 e. The lowest BCUT2D eigenvalue weighted by Crippen LogP contribution is -2.01. The van der Waals surface area contributed by atoms with E-state index >= 15 is 0 Å². The molecule has 2 aromatic carbocycles. The van der Waals surface area contributed by atoms with Crippen LogP contribution in [0.15, 0.2) is 51.4 Å². The number of ether oxygens (including phenoxy) is 1. The van der Waals surface area contributed by atoms with Crippen LogP contribution in [-0.4, -0.2) is 11.7 Å². The molecule has 2 rings (SSSR count). The van der Waals surface area contributed by atoms with Crippen molar-refractivity contribution in [2.45, 2.75) is 13.0 Å². The first-order chi connectivity index (χ1) is 9.11. The van der Waals surface area contributed by atoms with Crippen LogP contribution in [-0.2, 0) is 0 Å². The van der Waals surface area contributed by atoms with Gasteiger partial charge in [0.15, 0.2) is 0 Å². The fourth-order valence-corrected chi connectivity index (χ4v) is 3.11. The molecule has 0 aromatic heterocycles. The van der Waals surface area contributed by atoms with Gasteiger partial charge < -0.3 is 9.84 Å². The lowest BCUT2D eigenvalue weighted by molar-refractivity contribution is 0.218. The third-order valence-corrected chi connectivity index (χ3v) is 3.92. The highest BCUT2D eigenvalue weighted by molar-refractivity contribution is 9.11. The molecular formula is C15H14Br2O2. The maximum atomic E-state index is 10.5. The van der Waals surface area contributed by atoms with E-state index in [1.165, 1.54) is 0 Å². The number of benzene rings is 2. The third kappa shape index (κ3) is 3.59. The Morgan fingerprint density at radius 3 is 2.63 bits per heavy atom. The van der Waals surface area contributed by atoms with Crippen LogP contribution in [0.25, 0.3) is 0 Å². The Kier molecular flexibility index (Phi) is 5.02. The van der Waals surface area contributed by atoms with Crippen molar-refractivity contribution in [1.29, 1.82) is 0 Å². The van der Waals surface area contributed by atoms with Gasteiger partial charge in [-0.15, -0.1) is 0 Å². The van der Waals surface area contributed by atoms with Crippen molar-refractivity contribution in [3.05, 3.63) is 62.5 Å². The maximum Gasteiger partial charge on any atom is 0.119 e. The Balaban J connectivity index is 2.32. The molecule has 19 heavy (non-hydrogen) atoms. The van der Waals surface area contributed by atoms with E-state index in [4.69, 9.17) is 4.74 Å². The number of aliphatic hydroxyl groups excluding tert-OH is 1. The van der Waals surface area contributed by atoms with Crippen LogP contribution in [0.1, 0.15) is 24.2 Å². The quantitative estimate of drug-likeness (QED) is 0.826. The zero-order valence-corrected chi connectivity index (χ0v) is 13.6. The molecule has 0 bridgehead atoms. The molecule has 2 aromatic rings. The molecule has 0 amide bonds. The van der Waals surface area contributed by atoms with Crippen molar-refractivity contribution in [2.75, 3.05) is 6.61 Å². The van der Waals surface area contributed by atoms with E-state index in [-0.39, 0.29) is 0 Å². The fraction of sp³-hybridized carbons (Fsp3) is 0.200. The van der Waals surface area contributed by atoms with E-state index in [2.05, 4.69) is 31.9 Å². The van der Waals surface area contributed by atoms with Crippen molar-refractivity contribution >= 4 is 31.9 Å². The van der Waals surface area contributed by atoms with Crippen LogP contribution in [0.5, 0.6) is 5.75 Å². The summed E-state index contributed by atoms with van der Waals surface area (Å²) in [6, 6.07) is 13.3. The number of rotatable bonds is 4. The van der Waals surface area contributed by atoms with Gasteiger partial charge in [0, 0.05) is 8.95 Å². The highest BCUT2D eigenvalue weighted by atomic mass is 79.9. The standard InChI is InChI=1S/C15H14Br2O2/c1-2-19-12-5-3-4-10(8-12)15(18)13-7-6-11(16)9-14(13)17/h3-9,15,18H,2H2,1H3. The Bertz CT molecular complexity index is 570. The van der Waals surface area contributed by atoms with E-state index in [9.17, 15) is 5.11 Å². The van der Waals surface area contributed by atoms with Gasteiger partial charge in [-0.25, -0.2) is 0 Å². The molecule has 100 valence electrons. The van der Waals surface area contributed by atoms with Gasteiger partial charge in [-0.1, -0.05) is 50.1 Å². The van der Waals surface area contributed by atoms with Gasteiger partial charge in [0.05, 0.1) is 6.61 Å². The Morgan fingerprint density at radius 1 is 1.16 bits per heavy atom. The van der Waals surface area contributed by atoms with Gasteiger partial charge in [0.1, 0.15) is 11.9 Å². The Morgan fingerprint density at radius 2 is 1.95 bits per heavy atom. The molecule has 0 aliphatic rings. The smallest absolute Gasteiger partial charge is 0.119 e. The summed E-state index contributed by atoms with van der Waals surface area (Å²) in [5, 5.41) is 10.5. The van der Waals surface area contributed by atoms with E-state index in [1.807, 2.05) is 49.4 Å². The molecule has 0 aliphatic carbocycles. The van der Waals surface area contributed by atoms with Crippen LogP contribution in [0.2, 0.25) is 0 Å². The molecule has 1 atom stereocenters. The van der Waals surface area contributed by atoms with E-state index in [1.54, 1.807) is 0 Å². The van der Waals surface area contributed by atoms with Crippen molar-refractivity contribution < 1.29 is 9.84 Å². The highest BCUT2D eigenvalue weighted by Gasteiger charge is 2.14. The topological polar surface area (TPSA) is 29.5 Å². The summed E-state index contributed by atoms with van der Waals surface area (Å²) in [6.45, 7) is 2.55. The minimum atomic E-state index is -0.678. The monoisotopic (exact) mass is 384 g/mol. The molecule has 0 aliphatic heterocycles. The van der Waals surface area contributed by atoms with Crippen LogP contribution in [0.3, 0.4) is 0 Å². The summed E-state index contributed by atoms with van der Waals surface area (Å²) in [6.07, 6.45) is -0.678. The van der Waals surface area contributed by atoms with Gasteiger partial charge in [-0.2, -0.15) is 0 Å². The second-order valence-electron chi connectivity index (χ2n) is 4.07. The summed E-state index contributed by atoms with van der Waals surface area (Å²) in [5.41, 5.74) is 1.64. The minimum Gasteiger partial charge on any atom is -0.494 e. The average molecular weight is 386 g/mol. The van der Waals surface area contributed by atoms with Gasteiger partial charge in [0.25, 0.3) is 0 Å². The van der Waals surface area contributed by atoms with E-state index in [0.29, 0.717) is 6.61 Å². The van der Waals surface area contributed by atoms with Gasteiger partial charge in [-0.3, -0.25) is 0 Å². The molecule has 1 N–H and O–H groups in total. The molecule has 4 heteroatoms. The van der Waals surface area contributed by atoms with E-state index < -0.39 is 6.10 Å². The summed E-state index contributed by atoms with van der Waals surface area (Å²) < 4.78 is 7.29. The Labute approximate surface area is 129 Å². The molecule has 1 unspecified atom stereocenters. The van der Waals surface area contributed by atoms with Crippen molar-refractivity contribution in [2.24, 2.45) is 0 Å². The molecule has 0 fully saturated rings. The lowest BCUT2D eigenvalue weighted by Gasteiger charge is -2.14.